The highest BCUT2D eigenvalue weighted by Crippen LogP contribution is 2.21. The number of nitrogens with one attached hydrogen (secondary N) is 2. The van der Waals surface area contributed by atoms with Gasteiger partial charge in [-0.2, -0.15) is 0 Å². The number of nitrogens with zero attached hydrogens (tertiary/aromatic N) is 1. The highest BCUT2D eigenvalue weighted by molar-refractivity contribution is 6.04. The highest BCUT2D eigenvalue weighted by atomic mass is 19.1. The number of anilines is 2. The lowest BCUT2D eigenvalue weighted by Crippen LogP contribution is -2.14. The lowest BCUT2D eigenvalue weighted by molar-refractivity contribution is 0.102. The quantitative estimate of drug-likeness (QED) is 0.908. The van der Waals surface area contributed by atoms with Crippen LogP contribution in [0.4, 0.5) is 20.2 Å². The van der Waals surface area contributed by atoms with Crippen LogP contribution in [0.5, 0.6) is 0 Å². The van der Waals surface area contributed by atoms with Crippen molar-refractivity contribution in [3.05, 3.63) is 53.4 Å². The van der Waals surface area contributed by atoms with Crippen molar-refractivity contribution >= 4 is 17.3 Å². The van der Waals surface area contributed by atoms with Crippen LogP contribution in [0.2, 0.25) is 0 Å². The van der Waals surface area contributed by atoms with Crippen LogP contribution in [0.1, 0.15) is 22.8 Å². The van der Waals surface area contributed by atoms with Gasteiger partial charge in [0.15, 0.2) is 0 Å². The van der Waals surface area contributed by atoms with Gasteiger partial charge in [-0.05, 0) is 37.6 Å². The molecule has 2 N–H and O–H groups in total. The van der Waals surface area contributed by atoms with Crippen LogP contribution in [-0.2, 0) is 0 Å². The lowest BCUT2D eigenvalue weighted by atomic mass is 10.1. The summed E-state index contributed by atoms with van der Waals surface area (Å²) in [6.45, 7) is 3.94. The van der Waals surface area contributed by atoms with Crippen LogP contribution < -0.4 is 10.6 Å². The molecule has 0 aliphatic carbocycles. The molecule has 2 aromatic rings. The SMILES string of the molecule is CCNc1c(F)cc(C(=O)Nc2cncc(C)c2)cc1F. The van der Waals surface area contributed by atoms with Crippen molar-refractivity contribution < 1.29 is 13.6 Å². The second-order valence-electron chi connectivity index (χ2n) is 4.55. The maximum atomic E-state index is 13.8. The number of carbonyl (C=O) groups is 1. The van der Waals surface area contributed by atoms with Crippen molar-refractivity contribution in [2.45, 2.75) is 13.8 Å². The smallest absolute Gasteiger partial charge is 0.255 e. The molecule has 110 valence electrons. The first-order chi connectivity index (χ1) is 10.0. The molecular weight excluding hydrogens is 276 g/mol. The van der Waals surface area contributed by atoms with Gasteiger partial charge in [0.25, 0.3) is 5.91 Å². The number of rotatable bonds is 4. The Morgan fingerprint density at radius 3 is 2.43 bits per heavy atom. The summed E-state index contributed by atoms with van der Waals surface area (Å²) in [6, 6.07) is 3.71. The van der Waals surface area contributed by atoms with Gasteiger partial charge in [-0.1, -0.05) is 0 Å². The summed E-state index contributed by atoms with van der Waals surface area (Å²) in [7, 11) is 0. The Morgan fingerprint density at radius 1 is 1.19 bits per heavy atom. The number of hydrogen-bond acceptors (Lipinski definition) is 3. The average Bonchev–Trinajstić information content (AvgIpc) is 2.42. The number of halogens is 2. The van der Waals surface area contributed by atoms with Crippen LogP contribution in [0.25, 0.3) is 0 Å². The molecule has 1 heterocycles. The first-order valence-electron chi connectivity index (χ1n) is 6.47. The third-order valence-corrected chi connectivity index (χ3v) is 2.79. The molecule has 21 heavy (non-hydrogen) atoms. The van der Waals surface area contributed by atoms with Gasteiger partial charge in [0, 0.05) is 18.3 Å². The summed E-state index contributed by atoms with van der Waals surface area (Å²) in [5.41, 5.74) is 1.02. The number of amides is 1. The summed E-state index contributed by atoms with van der Waals surface area (Å²) < 4.78 is 27.5. The Bertz CT molecular complexity index is 651. The standard InChI is InChI=1S/C15H15F2N3O/c1-3-19-14-12(16)5-10(6-13(14)17)15(21)20-11-4-9(2)7-18-8-11/h4-8,19H,3H2,1-2H3,(H,20,21). The average molecular weight is 291 g/mol. The molecule has 0 bridgehead atoms. The molecule has 0 saturated carbocycles. The van der Waals surface area contributed by atoms with E-state index in [2.05, 4.69) is 15.6 Å². The number of aromatic nitrogens is 1. The first kappa shape index (κ1) is 14.9. The number of pyridine rings is 1. The van der Waals surface area contributed by atoms with Crippen LogP contribution in [0, 0.1) is 18.6 Å². The number of aryl methyl sites for hydroxylation is 1. The van der Waals surface area contributed by atoms with E-state index in [0.717, 1.165) is 17.7 Å². The maximum Gasteiger partial charge on any atom is 0.255 e. The topological polar surface area (TPSA) is 54.0 Å². The van der Waals surface area contributed by atoms with E-state index in [-0.39, 0.29) is 11.3 Å². The minimum Gasteiger partial charge on any atom is -0.381 e. The van der Waals surface area contributed by atoms with Crippen LogP contribution in [-0.4, -0.2) is 17.4 Å². The molecule has 0 aliphatic heterocycles. The van der Waals surface area contributed by atoms with Crippen LogP contribution in [0.15, 0.2) is 30.6 Å². The van der Waals surface area contributed by atoms with E-state index in [1.54, 1.807) is 19.2 Å². The summed E-state index contributed by atoms with van der Waals surface area (Å²) in [6.07, 6.45) is 3.10. The molecule has 0 fully saturated rings. The van der Waals surface area contributed by atoms with E-state index in [9.17, 15) is 13.6 Å². The molecule has 0 radical (unpaired) electrons. The number of hydrogen-bond donors (Lipinski definition) is 2. The third kappa shape index (κ3) is 3.53. The predicted octanol–water partition coefficient (Wildman–Crippen LogP) is 3.35. The van der Waals surface area contributed by atoms with Gasteiger partial charge in [0.2, 0.25) is 0 Å². The Balaban J connectivity index is 2.24. The minimum absolute atomic E-state index is 0.0897. The van der Waals surface area contributed by atoms with Crippen molar-refractivity contribution in [2.75, 3.05) is 17.2 Å². The maximum absolute atomic E-state index is 13.8. The van der Waals surface area contributed by atoms with Crippen molar-refractivity contribution in [3.63, 3.8) is 0 Å². The summed E-state index contributed by atoms with van der Waals surface area (Å²) in [4.78, 5) is 15.9. The van der Waals surface area contributed by atoms with Gasteiger partial charge in [-0.3, -0.25) is 9.78 Å². The van der Waals surface area contributed by atoms with Gasteiger partial charge in [-0.25, -0.2) is 8.78 Å². The Kier molecular flexibility index (Phi) is 4.47. The molecular formula is C15H15F2N3O. The molecule has 0 spiro atoms. The molecule has 1 aromatic carbocycles. The van der Waals surface area contributed by atoms with Crippen molar-refractivity contribution in [1.29, 1.82) is 0 Å². The fraction of sp³-hybridized carbons (Fsp3) is 0.200. The molecule has 0 aliphatic rings. The van der Waals surface area contributed by atoms with E-state index in [0.29, 0.717) is 12.2 Å². The Hall–Kier alpha value is -2.50. The molecule has 4 nitrogen and oxygen atoms in total. The predicted molar refractivity (Wildman–Crippen MR) is 77.4 cm³/mol. The second-order valence-corrected chi connectivity index (χ2v) is 4.55. The van der Waals surface area contributed by atoms with Gasteiger partial charge in [-0.15, -0.1) is 0 Å². The lowest BCUT2D eigenvalue weighted by Gasteiger charge is -2.10. The summed E-state index contributed by atoms with van der Waals surface area (Å²) >= 11 is 0. The second kappa shape index (κ2) is 6.30. The summed E-state index contributed by atoms with van der Waals surface area (Å²) in [5, 5.41) is 5.13. The molecule has 2 rings (SSSR count). The largest absolute Gasteiger partial charge is 0.381 e. The highest BCUT2D eigenvalue weighted by Gasteiger charge is 2.15. The minimum atomic E-state index is -0.802. The van der Waals surface area contributed by atoms with Gasteiger partial charge < -0.3 is 10.6 Å². The fourth-order valence-corrected chi connectivity index (χ4v) is 1.88. The Labute approximate surface area is 121 Å². The molecule has 1 aromatic heterocycles. The van der Waals surface area contributed by atoms with Crippen molar-refractivity contribution in [2.24, 2.45) is 0 Å². The molecule has 1 amide bonds. The van der Waals surface area contributed by atoms with E-state index in [1.165, 1.54) is 6.20 Å². The normalized spacial score (nSPS) is 10.3. The van der Waals surface area contributed by atoms with E-state index in [1.807, 2.05) is 6.92 Å². The number of benzene rings is 1. The zero-order valence-corrected chi connectivity index (χ0v) is 11.7. The number of carbonyl (C=O) groups excluding carboxylic acids is 1. The first-order valence-corrected chi connectivity index (χ1v) is 6.47. The van der Waals surface area contributed by atoms with Crippen LogP contribution >= 0.6 is 0 Å². The van der Waals surface area contributed by atoms with Gasteiger partial charge in [0.05, 0.1) is 11.9 Å². The molecule has 6 heteroatoms. The molecule has 0 unspecified atom stereocenters. The monoisotopic (exact) mass is 291 g/mol. The van der Waals surface area contributed by atoms with Gasteiger partial charge in [0.1, 0.15) is 17.3 Å². The molecule has 0 saturated heterocycles. The third-order valence-electron chi connectivity index (χ3n) is 2.79. The summed E-state index contributed by atoms with van der Waals surface area (Å²) in [5.74, 6) is -2.20. The van der Waals surface area contributed by atoms with E-state index in [4.69, 9.17) is 0 Å². The molecule has 0 atom stereocenters. The van der Waals surface area contributed by atoms with Crippen LogP contribution in [0.3, 0.4) is 0 Å². The fourth-order valence-electron chi connectivity index (χ4n) is 1.88. The Morgan fingerprint density at radius 2 is 1.86 bits per heavy atom. The zero-order valence-electron chi connectivity index (χ0n) is 11.7. The van der Waals surface area contributed by atoms with Crippen molar-refractivity contribution in [3.8, 4) is 0 Å². The van der Waals surface area contributed by atoms with E-state index >= 15 is 0 Å². The van der Waals surface area contributed by atoms with Gasteiger partial charge >= 0.3 is 0 Å². The van der Waals surface area contributed by atoms with E-state index < -0.39 is 17.5 Å². The van der Waals surface area contributed by atoms with Crippen molar-refractivity contribution in [1.82, 2.24) is 4.98 Å². The zero-order chi connectivity index (χ0) is 15.4.